The quantitative estimate of drug-likeness (QED) is 0.706. The molecule has 0 aliphatic rings. The lowest BCUT2D eigenvalue weighted by Gasteiger charge is -1.82. The van der Waals surface area contributed by atoms with Crippen molar-refractivity contribution in [2.75, 3.05) is 0 Å². The summed E-state index contributed by atoms with van der Waals surface area (Å²) in [6, 6.07) is 2.10. The number of carbonyl (C=O) groups is 1. The number of fused-ring (bicyclic) bond motifs is 1. The van der Waals surface area contributed by atoms with E-state index in [4.69, 9.17) is 0 Å². The van der Waals surface area contributed by atoms with Gasteiger partial charge in [0.25, 0.3) is 0 Å². The van der Waals surface area contributed by atoms with Crippen molar-refractivity contribution in [1.29, 1.82) is 0 Å². The molecule has 2 heterocycles. The van der Waals surface area contributed by atoms with Gasteiger partial charge in [-0.05, 0) is 12.5 Å². The van der Waals surface area contributed by atoms with Crippen molar-refractivity contribution in [2.24, 2.45) is 0 Å². The molecule has 0 amide bonds. The summed E-state index contributed by atoms with van der Waals surface area (Å²) in [7, 11) is 0. The molecule has 0 aromatic carbocycles. The third kappa shape index (κ3) is 0.975. The number of hydrogen-bond acceptors (Lipinski definition) is 2. The minimum absolute atomic E-state index is 0.773. The topological polar surface area (TPSA) is 32.9 Å². The third-order valence-corrected chi connectivity index (χ3v) is 3.23. The van der Waals surface area contributed by atoms with Gasteiger partial charge in [0.05, 0.1) is 10.2 Å². The van der Waals surface area contributed by atoms with Crippen LogP contribution in [0, 0.1) is 0 Å². The highest BCUT2D eigenvalue weighted by Gasteiger charge is 2.05. The van der Waals surface area contributed by atoms with Gasteiger partial charge >= 0.3 is 0 Å². The van der Waals surface area contributed by atoms with Gasteiger partial charge in [0.2, 0.25) is 0 Å². The fraction of sp³-hybridized carbons (Fsp3) is 0.222. The summed E-state index contributed by atoms with van der Waals surface area (Å²) in [4.78, 5) is 15.0. The van der Waals surface area contributed by atoms with Crippen molar-refractivity contribution in [2.45, 2.75) is 13.3 Å². The molecular formula is C9H9NOS. The number of nitrogens with one attached hydrogen (secondary N) is 1. The van der Waals surface area contributed by atoms with Gasteiger partial charge in [-0.1, -0.05) is 6.92 Å². The molecule has 0 saturated carbocycles. The van der Waals surface area contributed by atoms with Crippen molar-refractivity contribution < 1.29 is 4.79 Å². The van der Waals surface area contributed by atoms with Crippen LogP contribution in [-0.4, -0.2) is 11.3 Å². The number of aromatic amines is 1. The lowest BCUT2D eigenvalue weighted by Crippen LogP contribution is -1.70. The Labute approximate surface area is 74.2 Å². The molecule has 3 heteroatoms. The van der Waals surface area contributed by atoms with Crippen LogP contribution >= 0.6 is 11.3 Å². The minimum atomic E-state index is 0.773. The number of carbonyl (C=O) groups excluding carboxylic acids is 1. The van der Waals surface area contributed by atoms with E-state index in [1.807, 2.05) is 0 Å². The Kier molecular flexibility index (Phi) is 1.73. The maximum absolute atomic E-state index is 10.6. The van der Waals surface area contributed by atoms with E-state index in [-0.39, 0.29) is 0 Å². The summed E-state index contributed by atoms with van der Waals surface area (Å²) in [6.07, 6.45) is 3.69. The van der Waals surface area contributed by atoms with Crippen LogP contribution in [-0.2, 0) is 6.42 Å². The Bertz CT molecular complexity index is 413. The number of aromatic nitrogens is 1. The first kappa shape index (κ1) is 7.55. The zero-order chi connectivity index (χ0) is 8.55. The first-order valence-electron chi connectivity index (χ1n) is 3.90. The highest BCUT2D eigenvalue weighted by molar-refractivity contribution is 7.19. The van der Waals surface area contributed by atoms with Gasteiger partial charge in [0.15, 0.2) is 6.29 Å². The second kappa shape index (κ2) is 2.75. The Morgan fingerprint density at radius 1 is 1.67 bits per heavy atom. The smallest absolute Gasteiger partial charge is 0.153 e. The zero-order valence-electron chi connectivity index (χ0n) is 6.76. The average Bonchev–Trinajstić information content (AvgIpc) is 2.61. The summed E-state index contributed by atoms with van der Waals surface area (Å²) < 4.78 is 1.09. The van der Waals surface area contributed by atoms with Crippen LogP contribution in [0.5, 0.6) is 0 Å². The van der Waals surface area contributed by atoms with Gasteiger partial charge in [0, 0.05) is 16.6 Å². The molecule has 2 aromatic rings. The molecule has 0 radical (unpaired) electrons. The average molecular weight is 179 g/mol. The second-order valence-corrected chi connectivity index (χ2v) is 3.81. The highest BCUT2D eigenvalue weighted by atomic mass is 32.1. The van der Waals surface area contributed by atoms with Crippen molar-refractivity contribution in [1.82, 2.24) is 4.98 Å². The van der Waals surface area contributed by atoms with Crippen LogP contribution in [0.2, 0.25) is 0 Å². The van der Waals surface area contributed by atoms with Crippen molar-refractivity contribution in [3.63, 3.8) is 0 Å². The van der Waals surface area contributed by atoms with E-state index in [1.54, 1.807) is 17.5 Å². The van der Waals surface area contributed by atoms with Crippen molar-refractivity contribution in [3.8, 4) is 0 Å². The van der Waals surface area contributed by atoms with E-state index in [0.717, 1.165) is 28.5 Å². The number of rotatable bonds is 2. The largest absolute Gasteiger partial charge is 0.360 e. The van der Waals surface area contributed by atoms with Gasteiger partial charge in [0.1, 0.15) is 0 Å². The summed E-state index contributed by atoms with van der Waals surface area (Å²) >= 11 is 1.69. The summed E-state index contributed by atoms with van der Waals surface area (Å²) in [5.74, 6) is 0. The fourth-order valence-electron chi connectivity index (χ4n) is 1.25. The summed E-state index contributed by atoms with van der Waals surface area (Å²) in [6.45, 7) is 2.12. The van der Waals surface area contributed by atoms with E-state index in [1.165, 1.54) is 4.88 Å². The van der Waals surface area contributed by atoms with E-state index in [2.05, 4.69) is 18.0 Å². The van der Waals surface area contributed by atoms with E-state index >= 15 is 0 Å². The lowest BCUT2D eigenvalue weighted by atomic mass is 10.3. The first-order chi connectivity index (χ1) is 5.85. The molecule has 2 aromatic heterocycles. The highest BCUT2D eigenvalue weighted by Crippen LogP contribution is 2.27. The molecule has 0 bridgehead atoms. The number of thiophene rings is 1. The van der Waals surface area contributed by atoms with Crippen LogP contribution in [0.4, 0.5) is 0 Å². The van der Waals surface area contributed by atoms with Crippen LogP contribution in [0.1, 0.15) is 22.2 Å². The maximum Gasteiger partial charge on any atom is 0.153 e. The predicted molar refractivity (Wildman–Crippen MR) is 50.9 cm³/mol. The van der Waals surface area contributed by atoms with Gasteiger partial charge in [-0.2, -0.15) is 0 Å². The molecule has 0 fully saturated rings. The van der Waals surface area contributed by atoms with Crippen molar-refractivity contribution >= 4 is 27.8 Å². The molecule has 0 atom stereocenters. The standard InChI is InChI=1S/C9H9NOS/c1-2-7-3-8-9(12-7)6(5-11)4-10-8/h3-5,10H,2H2,1H3. The summed E-state index contributed by atoms with van der Waals surface area (Å²) in [5.41, 5.74) is 1.86. The maximum atomic E-state index is 10.6. The predicted octanol–water partition coefficient (Wildman–Crippen LogP) is 2.60. The fourth-order valence-corrected chi connectivity index (χ4v) is 2.28. The molecule has 1 N–H and O–H groups in total. The Balaban J connectivity index is 2.68. The molecular weight excluding hydrogens is 170 g/mol. The van der Waals surface area contributed by atoms with Gasteiger partial charge < -0.3 is 4.98 Å². The monoisotopic (exact) mass is 179 g/mol. The molecule has 0 spiro atoms. The lowest BCUT2D eigenvalue weighted by molar-refractivity contribution is 0.112. The SMILES string of the molecule is CCc1cc2[nH]cc(C=O)c2s1. The molecule has 2 rings (SSSR count). The van der Waals surface area contributed by atoms with Gasteiger partial charge in [-0.25, -0.2) is 0 Å². The van der Waals surface area contributed by atoms with Crippen molar-refractivity contribution in [3.05, 3.63) is 22.7 Å². The molecule has 12 heavy (non-hydrogen) atoms. The number of aryl methyl sites for hydroxylation is 1. The molecule has 2 nitrogen and oxygen atoms in total. The molecule has 0 unspecified atom stereocenters. The van der Waals surface area contributed by atoms with E-state index < -0.39 is 0 Å². The van der Waals surface area contributed by atoms with Crippen LogP contribution in [0.3, 0.4) is 0 Å². The molecule has 0 aliphatic carbocycles. The Hall–Kier alpha value is -1.09. The number of aldehydes is 1. The second-order valence-electron chi connectivity index (χ2n) is 2.67. The Morgan fingerprint density at radius 2 is 2.50 bits per heavy atom. The van der Waals surface area contributed by atoms with Crippen LogP contribution in [0.15, 0.2) is 12.3 Å². The first-order valence-corrected chi connectivity index (χ1v) is 4.71. The normalized spacial score (nSPS) is 10.8. The minimum Gasteiger partial charge on any atom is -0.360 e. The number of hydrogen-bond donors (Lipinski definition) is 1. The Morgan fingerprint density at radius 3 is 3.17 bits per heavy atom. The van der Waals surface area contributed by atoms with Crippen LogP contribution < -0.4 is 0 Å². The third-order valence-electron chi connectivity index (χ3n) is 1.90. The van der Waals surface area contributed by atoms with Gasteiger partial charge in [-0.3, -0.25) is 4.79 Å². The molecule has 62 valence electrons. The summed E-state index contributed by atoms with van der Waals surface area (Å²) in [5, 5.41) is 0. The van der Waals surface area contributed by atoms with E-state index in [0.29, 0.717) is 0 Å². The van der Waals surface area contributed by atoms with E-state index in [9.17, 15) is 4.79 Å². The molecule has 0 saturated heterocycles. The molecule has 0 aliphatic heterocycles. The number of H-pyrrole nitrogens is 1. The zero-order valence-corrected chi connectivity index (χ0v) is 7.57. The van der Waals surface area contributed by atoms with Crippen LogP contribution in [0.25, 0.3) is 10.2 Å². The van der Waals surface area contributed by atoms with Gasteiger partial charge in [-0.15, -0.1) is 11.3 Å².